The Morgan fingerprint density at radius 1 is 1.44 bits per heavy atom. The van der Waals surface area contributed by atoms with E-state index < -0.39 is 0 Å². The summed E-state index contributed by atoms with van der Waals surface area (Å²) in [7, 11) is 2.02. The van der Waals surface area contributed by atoms with Crippen molar-refractivity contribution in [1.29, 1.82) is 0 Å². The Morgan fingerprint density at radius 2 is 2.22 bits per heavy atom. The van der Waals surface area contributed by atoms with E-state index in [0.29, 0.717) is 18.3 Å². The third kappa shape index (κ3) is 4.33. The third-order valence-corrected chi connectivity index (χ3v) is 3.76. The maximum atomic E-state index is 5.41. The molecule has 2 heterocycles. The van der Waals surface area contributed by atoms with Crippen LogP contribution in [0.3, 0.4) is 0 Å². The van der Waals surface area contributed by atoms with E-state index in [4.69, 9.17) is 10.3 Å². The maximum Gasteiger partial charge on any atom is 0.240 e. The lowest BCUT2D eigenvalue weighted by molar-refractivity contribution is 0.302. The summed E-state index contributed by atoms with van der Waals surface area (Å²) in [5.74, 6) is 1.15. The standard InChI is InChI=1S/C10H13BrN4OS.ClH/c1-15(5-7-2-3-8(11)17-7)6-9-13-10(4-12)16-14-9;/h2-3H,4-6,12H2,1H3;1H. The molecule has 100 valence electrons. The molecular weight excluding hydrogens is 340 g/mol. The van der Waals surface area contributed by atoms with Gasteiger partial charge < -0.3 is 10.3 Å². The topological polar surface area (TPSA) is 68.2 Å². The van der Waals surface area contributed by atoms with Crippen LogP contribution < -0.4 is 5.73 Å². The van der Waals surface area contributed by atoms with E-state index in [1.165, 1.54) is 4.88 Å². The molecule has 5 nitrogen and oxygen atoms in total. The summed E-state index contributed by atoms with van der Waals surface area (Å²) < 4.78 is 6.10. The summed E-state index contributed by atoms with van der Waals surface area (Å²) in [6.07, 6.45) is 0. The quantitative estimate of drug-likeness (QED) is 0.894. The van der Waals surface area contributed by atoms with Gasteiger partial charge in [0.25, 0.3) is 0 Å². The van der Waals surface area contributed by atoms with Crippen LogP contribution in [0.1, 0.15) is 16.6 Å². The Hall–Kier alpha value is -0.470. The normalized spacial score (nSPS) is 10.7. The van der Waals surface area contributed by atoms with Crippen molar-refractivity contribution in [3.63, 3.8) is 0 Å². The fourth-order valence-corrected chi connectivity index (χ4v) is 3.00. The summed E-state index contributed by atoms with van der Waals surface area (Å²) >= 11 is 5.18. The molecule has 2 aromatic heterocycles. The van der Waals surface area contributed by atoms with Gasteiger partial charge in [0.2, 0.25) is 5.89 Å². The molecule has 0 amide bonds. The van der Waals surface area contributed by atoms with Crippen molar-refractivity contribution in [3.05, 3.63) is 32.5 Å². The van der Waals surface area contributed by atoms with E-state index in [2.05, 4.69) is 43.1 Å². The molecule has 2 N–H and O–H groups in total. The number of hydrogen-bond acceptors (Lipinski definition) is 6. The molecule has 0 aliphatic rings. The smallest absolute Gasteiger partial charge is 0.240 e. The van der Waals surface area contributed by atoms with Crippen LogP contribution in [0, 0.1) is 0 Å². The van der Waals surface area contributed by atoms with Gasteiger partial charge in [-0.05, 0) is 35.1 Å². The molecule has 0 unspecified atom stereocenters. The van der Waals surface area contributed by atoms with Crippen LogP contribution in [-0.4, -0.2) is 22.1 Å². The van der Waals surface area contributed by atoms with Crippen LogP contribution >= 0.6 is 39.7 Å². The Labute approximate surface area is 124 Å². The number of halogens is 2. The lowest BCUT2D eigenvalue weighted by Gasteiger charge is -2.12. The number of nitrogens with zero attached hydrogens (tertiary/aromatic N) is 3. The highest BCUT2D eigenvalue weighted by molar-refractivity contribution is 9.11. The van der Waals surface area contributed by atoms with Crippen LogP contribution in [-0.2, 0) is 19.6 Å². The summed E-state index contributed by atoms with van der Waals surface area (Å²) in [5.41, 5.74) is 5.41. The van der Waals surface area contributed by atoms with Crippen molar-refractivity contribution in [2.24, 2.45) is 5.73 Å². The molecule has 0 aliphatic carbocycles. The first-order valence-electron chi connectivity index (χ1n) is 5.11. The predicted octanol–water partition coefficient (Wildman–Crippen LogP) is 2.41. The number of rotatable bonds is 5. The Balaban J connectivity index is 0.00000162. The number of thiophene rings is 1. The van der Waals surface area contributed by atoms with Crippen LogP contribution in [0.25, 0.3) is 0 Å². The Morgan fingerprint density at radius 3 is 2.78 bits per heavy atom. The maximum absolute atomic E-state index is 5.41. The average Bonchev–Trinajstić information content (AvgIpc) is 2.88. The van der Waals surface area contributed by atoms with Crippen molar-refractivity contribution >= 4 is 39.7 Å². The first kappa shape index (κ1) is 15.6. The lowest BCUT2D eigenvalue weighted by Crippen LogP contribution is -2.17. The Kier molecular flexibility index (Phi) is 6.24. The summed E-state index contributed by atoms with van der Waals surface area (Å²) in [6.45, 7) is 1.80. The molecule has 8 heteroatoms. The van der Waals surface area contributed by atoms with Gasteiger partial charge in [-0.1, -0.05) is 5.16 Å². The number of aromatic nitrogens is 2. The molecule has 0 atom stereocenters. The highest BCUT2D eigenvalue weighted by Gasteiger charge is 2.09. The van der Waals surface area contributed by atoms with Gasteiger partial charge in [-0.25, -0.2) is 0 Å². The van der Waals surface area contributed by atoms with E-state index in [-0.39, 0.29) is 19.0 Å². The molecule has 0 fully saturated rings. The first-order chi connectivity index (χ1) is 8.17. The lowest BCUT2D eigenvalue weighted by atomic mass is 10.4. The van der Waals surface area contributed by atoms with Gasteiger partial charge in [-0.3, -0.25) is 4.90 Å². The van der Waals surface area contributed by atoms with Gasteiger partial charge >= 0.3 is 0 Å². The highest BCUT2D eigenvalue weighted by Crippen LogP contribution is 2.23. The van der Waals surface area contributed by atoms with E-state index >= 15 is 0 Å². The van der Waals surface area contributed by atoms with Crippen molar-refractivity contribution in [3.8, 4) is 0 Å². The number of hydrogen-bond donors (Lipinski definition) is 1. The van der Waals surface area contributed by atoms with E-state index in [9.17, 15) is 0 Å². The van der Waals surface area contributed by atoms with E-state index in [1.54, 1.807) is 11.3 Å². The molecule has 18 heavy (non-hydrogen) atoms. The zero-order chi connectivity index (χ0) is 12.3. The zero-order valence-electron chi connectivity index (χ0n) is 9.80. The Bertz CT molecular complexity index is 490. The van der Waals surface area contributed by atoms with Crippen molar-refractivity contribution < 1.29 is 4.52 Å². The van der Waals surface area contributed by atoms with Crippen molar-refractivity contribution in [2.75, 3.05) is 7.05 Å². The first-order valence-corrected chi connectivity index (χ1v) is 6.72. The molecule has 2 aromatic rings. The van der Waals surface area contributed by atoms with Gasteiger partial charge in [0, 0.05) is 11.4 Å². The molecule has 0 spiro atoms. The molecule has 2 rings (SSSR count). The molecule has 0 radical (unpaired) electrons. The summed E-state index contributed by atoms with van der Waals surface area (Å²) in [5, 5.41) is 3.86. The predicted molar refractivity (Wildman–Crippen MR) is 76.6 cm³/mol. The second kappa shape index (κ2) is 7.20. The van der Waals surface area contributed by atoms with Crippen molar-refractivity contribution in [1.82, 2.24) is 15.0 Å². The van der Waals surface area contributed by atoms with Gasteiger partial charge in [-0.15, -0.1) is 23.7 Å². The van der Waals surface area contributed by atoms with Gasteiger partial charge in [0.1, 0.15) is 0 Å². The average molecular weight is 354 g/mol. The van der Waals surface area contributed by atoms with Gasteiger partial charge in [-0.2, -0.15) is 4.98 Å². The van der Waals surface area contributed by atoms with E-state index in [1.807, 2.05) is 7.05 Å². The summed E-state index contributed by atoms with van der Waals surface area (Å²) in [6, 6.07) is 4.15. The van der Waals surface area contributed by atoms with Crippen LogP contribution in [0.5, 0.6) is 0 Å². The molecule has 0 aromatic carbocycles. The molecule has 0 aliphatic heterocycles. The van der Waals surface area contributed by atoms with Crippen molar-refractivity contribution in [2.45, 2.75) is 19.6 Å². The minimum absolute atomic E-state index is 0. The third-order valence-electron chi connectivity index (χ3n) is 2.15. The minimum atomic E-state index is 0. The molecule has 0 saturated carbocycles. The molecule has 0 bridgehead atoms. The second-order valence-electron chi connectivity index (χ2n) is 3.69. The van der Waals surface area contributed by atoms with Crippen LogP contribution in [0.2, 0.25) is 0 Å². The van der Waals surface area contributed by atoms with Crippen LogP contribution in [0.15, 0.2) is 20.4 Å². The molecular formula is C10H14BrClN4OS. The van der Waals surface area contributed by atoms with E-state index in [0.717, 1.165) is 10.3 Å². The largest absolute Gasteiger partial charge is 0.338 e. The van der Waals surface area contributed by atoms with Crippen LogP contribution in [0.4, 0.5) is 0 Å². The highest BCUT2D eigenvalue weighted by atomic mass is 79.9. The molecule has 0 saturated heterocycles. The monoisotopic (exact) mass is 352 g/mol. The second-order valence-corrected chi connectivity index (χ2v) is 6.23. The zero-order valence-corrected chi connectivity index (χ0v) is 13.0. The fraction of sp³-hybridized carbons (Fsp3) is 0.400. The van der Waals surface area contributed by atoms with Gasteiger partial charge in [0.15, 0.2) is 5.82 Å². The van der Waals surface area contributed by atoms with Gasteiger partial charge in [0.05, 0.1) is 16.9 Å². The SMILES string of the molecule is CN(Cc1noc(CN)n1)Cc1ccc(Br)s1.Cl. The summed E-state index contributed by atoms with van der Waals surface area (Å²) in [4.78, 5) is 7.59. The minimum Gasteiger partial charge on any atom is -0.338 e. The number of nitrogens with two attached hydrogens (primary N) is 1. The fourth-order valence-electron chi connectivity index (χ4n) is 1.44.